The van der Waals surface area contributed by atoms with Gasteiger partial charge in [0.2, 0.25) is 0 Å². The molecule has 0 aliphatic heterocycles. The van der Waals surface area contributed by atoms with Crippen molar-refractivity contribution in [2.24, 2.45) is 0 Å². The van der Waals surface area contributed by atoms with E-state index < -0.39 is 31.5 Å². The van der Waals surface area contributed by atoms with Crippen molar-refractivity contribution in [1.29, 1.82) is 0 Å². The number of aliphatic hydroxyl groups is 1. The van der Waals surface area contributed by atoms with Gasteiger partial charge in [0.25, 0.3) is 9.84 Å². The standard InChI is InChI=1S/C22H16F3NO3S/c23-22(24,25)30(28,29)20-12-7-15-26-19(20)13-14-21(27,18-10-5-2-6-11-18)16-17-8-3-1-4-9-17/h1-12,15,27H,16H2/t21-/m0/s1. The Kier molecular flexibility index (Phi) is 5.97. The molecule has 1 aromatic heterocycles. The molecule has 1 N–H and O–H groups in total. The zero-order valence-electron chi connectivity index (χ0n) is 15.5. The van der Waals surface area contributed by atoms with E-state index in [1.807, 2.05) is 0 Å². The first kappa shape index (κ1) is 21.6. The molecule has 0 unspecified atom stereocenters. The topological polar surface area (TPSA) is 67.3 Å². The number of pyridine rings is 1. The number of rotatable bonds is 4. The average molecular weight is 431 g/mol. The lowest BCUT2D eigenvalue weighted by Crippen LogP contribution is -2.27. The van der Waals surface area contributed by atoms with E-state index in [0.717, 1.165) is 23.9 Å². The summed E-state index contributed by atoms with van der Waals surface area (Å²) < 4.78 is 62.8. The summed E-state index contributed by atoms with van der Waals surface area (Å²) in [5.41, 5.74) is -6.71. The minimum absolute atomic E-state index is 0.0407. The predicted octanol–water partition coefficient (Wildman–Crippen LogP) is 3.86. The smallest absolute Gasteiger partial charge is 0.373 e. The average Bonchev–Trinajstić information content (AvgIpc) is 2.73. The fourth-order valence-corrected chi connectivity index (χ4v) is 3.68. The molecule has 3 aromatic rings. The van der Waals surface area contributed by atoms with Gasteiger partial charge in [0, 0.05) is 12.6 Å². The number of hydrogen-bond donors (Lipinski definition) is 1. The van der Waals surface area contributed by atoms with Gasteiger partial charge in [-0.15, -0.1) is 0 Å². The van der Waals surface area contributed by atoms with Crippen molar-refractivity contribution in [2.45, 2.75) is 22.4 Å². The van der Waals surface area contributed by atoms with Gasteiger partial charge in [-0.25, -0.2) is 13.4 Å². The van der Waals surface area contributed by atoms with Crippen molar-refractivity contribution in [3.63, 3.8) is 0 Å². The number of hydrogen-bond acceptors (Lipinski definition) is 4. The van der Waals surface area contributed by atoms with Gasteiger partial charge in [-0.2, -0.15) is 13.2 Å². The van der Waals surface area contributed by atoms with Crippen LogP contribution in [0.15, 0.2) is 83.9 Å². The number of benzene rings is 2. The zero-order chi connectivity index (χ0) is 21.8. The Morgan fingerprint density at radius 2 is 1.50 bits per heavy atom. The largest absolute Gasteiger partial charge is 0.502 e. The number of alkyl halides is 3. The molecule has 0 spiro atoms. The third-order valence-corrected chi connectivity index (χ3v) is 5.82. The van der Waals surface area contributed by atoms with Crippen LogP contribution < -0.4 is 0 Å². The van der Waals surface area contributed by atoms with Crippen LogP contribution in [0, 0.1) is 11.8 Å². The first-order valence-corrected chi connectivity index (χ1v) is 10.2. The van der Waals surface area contributed by atoms with Crippen LogP contribution >= 0.6 is 0 Å². The minimum atomic E-state index is -5.64. The summed E-state index contributed by atoms with van der Waals surface area (Å²) >= 11 is 0. The SMILES string of the molecule is O=S(=O)(c1cccnc1C#C[C@](O)(Cc1ccccc1)c1ccccc1)C(F)(F)F. The van der Waals surface area contributed by atoms with Crippen LogP contribution in [0.4, 0.5) is 13.2 Å². The maximum absolute atomic E-state index is 13.0. The quantitative estimate of drug-likeness (QED) is 0.637. The van der Waals surface area contributed by atoms with Gasteiger partial charge in [-0.3, -0.25) is 0 Å². The van der Waals surface area contributed by atoms with Crippen LogP contribution in [-0.2, 0) is 21.9 Å². The molecule has 4 nitrogen and oxygen atoms in total. The Balaban J connectivity index is 2.11. The third kappa shape index (κ3) is 4.53. The van der Waals surface area contributed by atoms with Crippen molar-refractivity contribution in [1.82, 2.24) is 4.98 Å². The lowest BCUT2D eigenvalue weighted by molar-refractivity contribution is -0.0436. The van der Waals surface area contributed by atoms with E-state index in [4.69, 9.17) is 0 Å². The van der Waals surface area contributed by atoms with Gasteiger partial charge < -0.3 is 5.11 Å². The first-order valence-electron chi connectivity index (χ1n) is 8.75. The van der Waals surface area contributed by atoms with Crippen LogP contribution in [-0.4, -0.2) is 24.0 Å². The van der Waals surface area contributed by atoms with E-state index in [-0.39, 0.29) is 6.42 Å². The number of sulfone groups is 1. The maximum Gasteiger partial charge on any atom is 0.502 e. The monoisotopic (exact) mass is 431 g/mol. The van der Waals surface area contributed by atoms with Crippen LogP contribution in [0.3, 0.4) is 0 Å². The second kappa shape index (κ2) is 8.30. The van der Waals surface area contributed by atoms with E-state index >= 15 is 0 Å². The van der Waals surface area contributed by atoms with Crippen LogP contribution in [0.2, 0.25) is 0 Å². The summed E-state index contributed by atoms with van der Waals surface area (Å²) in [4.78, 5) is 2.64. The number of aromatic nitrogens is 1. The molecule has 0 amide bonds. The summed E-state index contributed by atoms with van der Waals surface area (Å²) in [5, 5.41) is 11.3. The maximum atomic E-state index is 13.0. The molecule has 0 saturated carbocycles. The van der Waals surface area contributed by atoms with Gasteiger partial charge in [-0.1, -0.05) is 66.6 Å². The summed E-state index contributed by atoms with van der Waals surface area (Å²) in [6.07, 6.45) is 1.18. The number of nitrogens with zero attached hydrogens (tertiary/aromatic N) is 1. The van der Waals surface area contributed by atoms with E-state index in [2.05, 4.69) is 16.8 Å². The molecule has 2 aromatic carbocycles. The van der Waals surface area contributed by atoms with Crippen LogP contribution in [0.5, 0.6) is 0 Å². The van der Waals surface area contributed by atoms with Crippen molar-refractivity contribution in [2.75, 3.05) is 0 Å². The van der Waals surface area contributed by atoms with E-state index in [1.54, 1.807) is 60.7 Å². The molecule has 1 heterocycles. The van der Waals surface area contributed by atoms with Gasteiger partial charge in [0.15, 0.2) is 5.60 Å². The predicted molar refractivity (Wildman–Crippen MR) is 105 cm³/mol. The molecule has 0 radical (unpaired) electrons. The summed E-state index contributed by atoms with van der Waals surface area (Å²) in [6.45, 7) is 0. The Morgan fingerprint density at radius 1 is 0.900 bits per heavy atom. The molecule has 1 atom stereocenters. The molecule has 0 saturated heterocycles. The van der Waals surface area contributed by atoms with E-state index in [9.17, 15) is 26.7 Å². The van der Waals surface area contributed by atoms with Crippen molar-refractivity contribution in [3.8, 4) is 11.8 Å². The minimum Gasteiger partial charge on any atom is -0.373 e. The number of halogens is 3. The lowest BCUT2D eigenvalue weighted by atomic mass is 9.87. The molecular formula is C22H16F3NO3S. The molecule has 8 heteroatoms. The third-order valence-electron chi connectivity index (χ3n) is 4.31. The second-order valence-electron chi connectivity index (χ2n) is 6.44. The fraction of sp³-hybridized carbons (Fsp3) is 0.136. The molecule has 0 bridgehead atoms. The van der Waals surface area contributed by atoms with E-state index in [0.29, 0.717) is 5.56 Å². The van der Waals surface area contributed by atoms with Gasteiger partial charge >= 0.3 is 5.51 Å². The summed E-state index contributed by atoms with van der Waals surface area (Å²) in [5.74, 6) is 4.91. The molecule has 0 aliphatic rings. The van der Waals surface area contributed by atoms with Crippen molar-refractivity contribution >= 4 is 9.84 Å². The molecule has 0 fully saturated rings. The highest BCUT2D eigenvalue weighted by atomic mass is 32.2. The highest BCUT2D eigenvalue weighted by Gasteiger charge is 2.48. The van der Waals surface area contributed by atoms with Gasteiger partial charge in [0.1, 0.15) is 10.6 Å². The van der Waals surface area contributed by atoms with Crippen LogP contribution in [0.25, 0.3) is 0 Å². The normalized spacial score (nSPS) is 13.7. The summed E-state index contributed by atoms with van der Waals surface area (Å²) in [6, 6.07) is 19.2. The lowest BCUT2D eigenvalue weighted by Gasteiger charge is -2.23. The molecule has 3 rings (SSSR count). The van der Waals surface area contributed by atoms with Crippen molar-refractivity contribution < 1.29 is 26.7 Å². The highest BCUT2D eigenvalue weighted by Crippen LogP contribution is 2.31. The Morgan fingerprint density at radius 3 is 2.10 bits per heavy atom. The molecule has 0 aliphatic carbocycles. The zero-order valence-corrected chi connectivity index (χ0v) is 16.3. The van der Waals surface area contributed by atoms with Crippen LogP contribution in [0.1, 0.15) is 16.8 Å². The fourth-order valence-electron chi connectivity index (χ4n) is 2.81. The molecular weight excluding hydrogens is 415 g/mol. The van der Waals surface area contributed by atoms with Crippen molar-refractivity contribution in [3.05, 3.63) is 95.8 Å². The van der Waals surface area contributed by atoms with Gasteiger partial charge in [-0.05, 0) is 29.2 Å². The summed E-state index contributed by atoms with van der Waals surface area (Å²) in [7, 11) is -5.64. The Labute approximate surface area is 172 Å². The Hall–Kier alpha value is -3.15. The first-order chi connectivity index (χ1) is 14.1. The Bertz CT molecular complexity index is 1180. The highest BCUT2D eigenvalue weighted by molar-refractivity contribution is 7.92. The van der Waals surface area contributed by atoms with Gasteiger partial charge in [0.05, 0.1) is 0 Å². The van der Waals surface area contributed by atoms with E-state index in [1.165, 1.54) is 0 Å². The molecule has 30 heavy (non-hydrogen) atoms. The second-order valence-corrected chi connectivity index (χ2v) is 8.35. The molecule has 154 valence electrons.